The number of aryl methyl sites for hydroxylation is 1. The van der Waals surface area contributed by atoms with Crippen LogP contribution in [0.4, 0.5) is 0 Å². The third-order valence-corrected chi connectivity index (χ3v) is 4.66. The van der Waals surface area contributed by atoms with Gasteiger partial charge in [0.15, 0.2) is 0 Å². The maximum Gasteiger partial charge on any atom is 0.0852 e. The van der Waals surface area contributed by atoms with Crippen LogP contribution < -0.4 is 5.32 Å². The quantitative estimate of drug-likeness (QED) is 0.932. The SMILES string of the molecule is Cc1cnn(C[C@@H]2OCCNC[C@@H]2c2ccc(Cl)c(Cl)c2)c1. The summed E-state index contributed by atoms with van der Waals surface area (Å²) in [5.41, 5.74) is 2.29. The van der Waals surface area contributed by atoms with Crippen LogP contribution in [0.25, 0.3) is 0 Å². The van der Waals surface area contributed by atoms with Gasteiger partial charge in [0.25, 0.3) is 0 Å². The van der Waals surface area contributed by atoms with Crippen molar-refractivity contribution >= 4 is 23.2 Å². The Balaban J connectivity index is 1.85. The first kappa shape index (κ1) is 15.8. The van der Waals surface area contributed by atoms with Gasteiger partial charge >= 0.3 is 0 Å². The minimum atomic E-state index is 0.0477. The van der Waals surface area contributed by atoms with Crippen molar-refractivity contribution in [1.82, 2.24) is 15.1 Å². The summed E-state index contributed by atoms with van der Waals surface area (Å²) in [7, 11) is 0. The first-order valence-corrected chi connectivity index (χ1v) is 8.15. The largest absolute Gasteiger partial charge is 0.374 e. The molecule has 1 aliphatic rings. The second-order valence-electron chi connectivity index (χ2n) is 5.63. The van der Waals surface area contributed by atoms with E-state index < -0.39 is 0 Å². The lowest BCUT2D eigenvalue weighted by molar-refractivity contribution is 0.0374. The molecule has 1 aromatic heterocycles. The number of halogens is 2. The van der Waals surface area contributed by atoms with Crippen molar-refractivity contribution in [3.05, 3.63) is 51.8 Å². The molecule has 1 aliphatic heterocycles. The maximum absolute atomic E-state index is 6.17. The zero-order chi connectivity index (χ0) is 15.5. The average Bonchev–Trinajstić information content (AvgIpc) is 2.76. The molecule has 1 aromatic carbocycles. The molecule has 118 valence electrons. The van der Waals surface area contributed by atoms with Crippen LogP contribution in [0.2, 0.25) is 10.0 Å². The van der Waals surface area contributed by atoms with Crippen molar-refractivity contribution in [3.8, 4) is 0 Å². The Hall–Kier alpha value is -1.07. The Labute approximate surface area is 140 Å². The van der Waals surface area contributed by atoms with E-state index in [1.54, 1.807) is 0 Å². The Morgan fingerprint density at radius 2 is 2.23 bits per heavy atom. The fraction of sp³-hybridized carbons (Fsp3) is 0.438. The molecule has 3 rings (SSSR count). The predicted molar refractivity (Wildman–Crippen MR) is 88.8 cm³/mol. The highest BCUT2D eigenvalue weighted by molar-refractivity contribution is 6.42. The van der Waals surface area contributed by atoms with Crippen molar-refractivity contribution in [2.75, 3.05) is 19.7 Å². The molecule has 0 unspecified atom stereocenters. The highest BCUT2D eigenvalue weighted by atomic mass is 35.5. The van der Waals surface area contributed by atoms with E-state index in [2.05, 4.69) is 10.4 Å². The standard InChI is InChI=1S/C16H19Cl2N3O/c1-11-7-20-21(9-11)10-16-13(8-19-4-5-22-16)12-2-3-14(17)15(18)6-12/h2-3,6-7,9,13,16,19H,4-5,8,10H2,1H3/t13-,16+/m1/s1. The van der Waals surface area contributed by atoms with Gasteiger partial charge in [-0.2, -0.15) is 5.10 Å². The highest BCUT2D eigenvalue weighted by Gasteiger charge is 2.27. The van der Waals surface area contributed by atoms with Gasteiger partial charge in [-0.05, 0) is 30.2 Å². The number of ether oxygens (including phenoxy) is 1. The van der Waals surface area contributed by atoms with Crippen LogP contribution in [0, 0.1) is 6.92 Å². The minimum Gasteiger partial charge on any atom is -0.374 e. The molecule has 1 fully saturated rings. The molecule has 2 atom stereocenters. The van der Waals surface area contributed by atoms with E-state index in [-0.39, 0.29) is 12.0 Å². The third kappa shape index (κ3) is 3.63. The zero-order valence-electron chi connectivity index (χ0n) is 12.4. The van der Waals surface area contributed by atoms with Gasteiger partial charge in [-0.1, -0.05) is 29.3 Å². The number of benzene rings is 1. The van der Waals surface area contributed by atoms with Crippen molar-refractivity contribution in [2.45, 2.75) is 25.5 Å². The van der Waals surface area contributed by atoms with Crippen LogP contribution in [0.15, 0.2) is 30.6 Å². The van der Waals surface area contributed by atoms with E-state index in [0.29, 0.717) is 16.7 Å². The molecule has 0 saturated carbocycles. The molecule has 0 radical (unpaired) electrons. The molecule has 6 heteroatoms. The lowest BCUT2D eigenvalue weighted by Gasteiger charge is -2.25. The second-order valence-corrected chi connectivity index (χ2v) is 6.45. The van der Waals surface area contributed by atoms with Gasteiger partial charge in [0.1, 0.15) is 0 Å². The summed E-state index contributed by atoms with van der Waals surface area (Å²) in [5.74, 6) is 0.210. The molecule has 0 bridgehead atoms. The maximum atomic E-state index is 6.17. The summed E-state index contributed by atoms with van der Waals surface area (Å²) >= 11 is 12.2. The molecule has 4 nitrogen and oxygen atoms in total. The second kappa shape index (κ2) is 7.01. The monoisotopic (exact) mass is 339 g/mol. The first-order valence-electron chi connectivity index (χ1n) is 7.40. The number of hydrogen-bond acceptors (Lipinski definition) is 3. The van der Waals surface area contributed by atoms with E-state index in [1.165, 1.54) is 0 Å². The number of rotatable bonds is 3. The normalized spacial score (nSPS) is 22.5. The van der Waals surface area contributed by atoms with Crippen molar-refractivity contribution in [2.24, 2.45) is 0 Å². The third-order valence-electron chi connectivity index (χ3n) is 3.92. The number of hydrogen-bond donors (Lipinski definition) is 1. The molecule has 1 N–H and O–H groups in total. The molecule has 2 heterocycles. The summed E-state index contributed by atoms with van der Waals surface area (Å²) in [6.07, 6.45) is 3.95. The summed E-state index contributed by atoms with van der Waals surface area (Å²) in [6.45, 7) is 5.16. The Morgan fingerprint density at radius 3 is 2.95 bits per heavy atom. The molecular formula is C16H19Cl2N3O. The highest BCUT2D eigenvalue weighted by Crippen LogP contribution is 2.30. The molecule has 22 heavy (non-hydrogen) atoms. The van der Waals surface area contributed by atoms with Crippen LogP contribution in [0.5, 0.6) is 0 Å². The topological polar surface area (TPSA) is 39.1 Å². The van der Waals surface area contributed by atoms with E-state index in [9.17, 15) is 0 Å². The summed E-state index contributed by atoms with van der Waals surface area (Å²) in [5, 5.41) is 8.95. The number of aromatic nitrogens is 2. The van der Waals surface area contributed by atoms with Crippen LogP contribution in [0.3, 0.4) is 0 Å². The van der Waals surface area contributed by atoms with Gasteiger partial charge < -0.3 is 10.1 Å². The van der Waals surface area contributed by atoms with Gasteiger partial charge in [0.2, 0.25) is 0 Å². The summed E-state index contributed by atoms with van der Waals surface area (Å²) in [6, 6.07) is 5.81. The fourth-order valence-corrected chi connectivity index (χ4v) is 3.10. The fourth-order valence-electron chi connectivity index (χ4n) is 2.79. The van der Waals surface area contributed by atoms with E-state index in [1.807, 2.05) is 42.2 Å². The van der Waals surface area contributed by atoms with Crippen LogP contribution in [-0.4, -0.2) is 35.6 Å². The van der Waals surface area contributed by atoms with Crippen LogP contribution in [-0.2, 0) is 11.3 Å². The van der Waals surface area contributed by atoms with Crippen molar-refractivity contribution in [1.29, 1.82) is 0 Å². The summed E-state index contributed by atoms with van der Waals surface area (Å²) in [4.78, 5) is 0. The Bertz CT molecular complexity index is 644. The van der Waals surface area contributed by atoms with Gasteiger partial charge in [0, 0.05) is 25.2 Å². The molecular weight excluding hydrogens is 321 g/mol. The van der Waals surface area contributed by atoms with Crippen molar-refractivity contribution < 1.29 is 4.74 Å². The van der Waals surface area contributed by atoms with Gasteiger partial charge in [-0.25, -0.2) is 0 Å². The number of nitrogens with zero attached hydrogens (tertiary/aromatic N) is 2. The van der Waals surface area contributed by atoms with Gasteiger partial charge in [0.05, 0.1) is 35.5 Å². The van der Waals surface area contributed by atoms with Gasteiger partial charge in [-0.15, -0.1) is 0 Å². The summed E-state index contributed by atoms with van der Waals surface area (Å²) < 4.78 is 7.99. The van der Waals surface area contributed by atoms with Gasteiger partial charge in [-0.3, -0.25) is 4.68 Å². The molecule has 0 aliphatic carbocycles. The van der Waals surface area contributed by atoms with Crippen LogP contribution >= 0.6 is 23.2 Å². The first-order chi connectivity index (χ1) is 10.6. The lowest BCUT2D eigenvalue weighted by Crippen LogP contribution is -2.30. The minimum absolute atomic E-state index is 0.0477. The van der Waals surface area contributed by atoms with E-state index in [0.717, 1.165) is 30.8 Å². The molecule has 0 amide bonds. The van der Waals surface area contributed by atoms with E-state index in [4.69, 9.17) is 27.9 Å². The van der Waals surface area contributed by atoms with Crippen LogP contribution in [0.1, 0.15) is 17.0 Å². The molecule has 1 saturated heterocycles. The molecule has 0 spiro atoms. The predicted octanol–water partition coefficient (Wildman–Crippen LogP) is 3.27. The van der Waals surface area contributed by atoms with E-state index >= 15 is 0 Å². The average molecular weight is 340 g/mol. The smallest absolute Gasteiger partial charge is 0.0852 e. The molecule has 2 aromatic rings. The number of nitrogens with one attached hydrogen (secondary N) is 1. The lowest BCUT2D eigenvalue weighted by atomic mass is 9.93. The Kier molecular flexibility index (Phi) is 5.03. The zero-order valence-corrected chi connectivity index (χ0v) is 13.9. The van der Waals surface area contributed by atoms with Crippen molar-refractivity contribution in [3.63, 3.8) is 0 Å². The Morgan fingerprint density at radius 1 is 1.36 bits per heavy atom.